The van der Waals surface area contributed by atoms with Gasteiger partial charge in [0.05, 0.1) is 16.0 Å². The minimum Gasteiger partial charge on any atom is -0.272 e. The predicted molar refractivity (Wildman–Crippen MR) is 63.5 cm³/mol. The lowest BCUT2D eigenvalue weighted by Crippen LogP contribution is -2.48. The standard InChI is InChI=1S/C11H9BrN2O3/c1-6(12)9(15)13-14-10(16)7-4-2-3-5-8(7)11(14)17/h2-6H,1H3,(H,13,15). The highest BCUT2D eigenvalue weighted by molar-refractivity contribution is 9.10. The first-order chi connectivity index (χ1) is 8.02. The number of rotatable bonds is 2. The van der Waals surface area contributed by atoms with E-state index in [-0.39, 0.29) is 0 Å². The summed E-state index contributed by atoms with van der Waals surface area (Å²) in [6, 6.07) is 6.45. The summed E-state index contributed by atoms with van der Waals surface area (Å²) in [6.45, 7) is 1.60. The molecule has 1 aromatic rings. The number of imide groups is 1. The highest BCUT2D eigenvalue weighted by atomic mass is 79.9. The second-order valence-electron chi connectivity index (χ2n) is 3.58. The number of nitrogens with zero attached hydrogens (tertiary/aromatic N) is 1. The first kappa shape index (κ1) is 11.8. The number of hydrogen-bond acceptors (Lipinski definition) is 3. The summed E-state index contributed by atoms with van der Waals surface area (Å²) in [6.07, 6.45) is 0. The molecule has 1 unspecified atom stereocenters. The van der Waals surface area contributed by atoms with Crippen molar-refractivity contribution in [3.63, 3.8) is 0 Å². The van der Waals surface area contributed by atoms with Crippen LogP contribution in [0, 0.1) is 0 Å². The number of alkyl halides is 1. The average molecular weight is 297 g/mol. The quantitative estimate of drug-likeness (QED) is 0.656. The number of hydrogen-bond donors (Lipinski definition) is 1. The van der Waals surface area contributed by atoms with Gasteiger partial charge in [0.2, 0.25) is 0 Å². The molecular weight excluding hydrogens is 288 g/mol. The van der Waals surface area contributed by atoms with E-state index in [1.54, 1.807) is 31.2 Å². The van der Waals surface area contributed by atoms with Gasteiger partial charge < -0.3 is 0 Å². The molecule has 6 heteroatoms. The van der Waals surface area contributed by atoms with Gasteiger partial charge in [0.25, 0.3) is 17.7 Å². The Bertz CT molecular complexity index is 478. The van der Waals surface area contributed by atoms with E-state index in [1.165, 1.54) is 0 Å². The van der Waals surface area contributed by atoms with Gasteiger partial charge in [-0.25, -0.2) is 0 Å². The van der Waals surface area contributed by atoms with Gasteiger partial charge in [0.1, 0.15) is 0 Å². The minimum absolute atomic E-state index is 0.306. The average Bonchev–Trinajstić information content (AvgIpc) is 2.55. The highest BCUT2D eigenvalue weighted by Crippen LogP contribution is 2.20. The molecule has 3 amide bonds. The van der Waals surface area contributed by atoms with Crippen LogP contribution in [-0.2, 0) is 4.79 Å². The van der Waals surface area contributed by atoms with Crippen molar-refractivity contribution in [1.29, 1.82) is 0 Å². The first-order valence-corrected chi connectivity index (χ1v) is 5.86. The number of carbonyl (C=O) groups excluding carboxylic acids is 3. The van der Waals surface area contributed by atoms with Gasteiger partial charge in [-0.15, -0.1) is 0 Å². The Hall–Kier alpha value is -1.69. The Kier molecular flexibility index (Phi) is 2.97. The molecule has 1 heterocycles. The zero-order valence-corrected chi connectivity index (χ0v) is 10.5. The van der Waals surface area contributed by atoms with E-state index in [9.17, 15) is 14.4 Å². The van der Waals surface area contributed by atoms with Gasteiger partial charge in [0, 0.05) is 0 Å². The SMILES string of the molecule is CC(Br)C(=O)NN1C(=O)c2ccccc2C1=O. The number of nitrogens with one attached hydrogen (secondary N) is 1. The molecule has 0 spiro atoms. The summed E-state index contributed by atoms with van der Waals surface area (Å²) in [5, 5.41) is 0.741. The molecule has 1 atom stereocenters. The van der Waals surface area contributed by atoms with E-state index >= 15 is 0 Å². The Morgan fingerprint density at radius 2 is 1.71 bits per heavy atom. The molecule has 0 bridgehead atoms. The Morgan fingerprint density at radius 1 is 1.24 bits per heavy atom. The summed E-state index contributed by atoms with van der Waals surface area (Å²) in [7, 11) is 0. The van der Waals surface area contributed by atoms with E-state index in [0.717, 1.165) is 5.01 Å². The molecule has 0 aromatic heterocycles. The van der Waals surface area contributed by atoms with Crippen LogP contribution in [0.15, 0.2) is 24.3 Å². The fourth-order valence-electron chi connectivity index (χ4n) is 1.49. The van der Waals surface area contributed by atoms with Crippen LogP contribution in [-0.4, -0.2) is 27.6 Å². The van der Waals surface area contributed by atoms with Crippen LogP contribution < -0.4 is 5.43 Å². The molecule has 1 N–H and O–H groups in total. The van der Waals surface area contributed by atoms with Crippen LogP contribution in [0.3, 0.4) is 0 Å². The maximum Gasteiger partial charge on any atom is 0.280 e. The third-order valence-electron chi connectivity index (χ3n) is 2.38. The molecule has 5 nitrogen and oxygen atoms in total. The maximum absolute atomic E-state index is 11.8. The van der Waals surface area contributed by atoms with Gasteiger partial charge in [-0.05, 0) is 19.1 Å². The maximum atomic E-state index is 11.8. The Morgan fingerprint density at radius 3 is 2.12 bits per heavy atom. The zero-order valence-electron chi connectivity index (χ0n) is 8.94. The lowest BCUT2D eigenvalue weighted by Gasteiger charge is -2.15. The third-order valence-corrected chi connectivity index (χ3v) is 2.79. The van der Waals surface area contributed by atoms with Crippen molar-refractivity contribution >= 4 is 33.7 Å². The summed E-state index contributed by atoms with van der Waals surface area (Å²) >= 11 is 3.06. The van der Waals surface area contributed by atoms with Gasteiger partial charge >= 0.3 is 0 Å². The first-order valence-electron chi connectivity index (χ1n) is 4.94. The van der Waals surface area contributed by atoms with Crippen molar-refractivity contribution in [2.45, 2.75) is 11.8 Å². The van der Waals surface area contributed by atoms with Crippen LogP contribution in [0.4, 0.5) is 0 Å². The molecule has 1 aromatic carbocycles. The van der Waals surface area contributed by atoms with Crippen LogP contribution in [0.2, 0.25) is 0 Å². The number of hydrazine groups is 1. The van der Waals surface area contributed by atoms with Crippen molar-refractivity contribution in [2.75, 3.05) is 0 Å². The molecule has 88 valence electrons. The van der Waals surface area contributed by atoms with E-state index in [4.69, 9.17) is 0 Å². The van der Waals surface area contributed by atoms with Gasteiger partial charge in [0.15, 0.2) is 0 Å². The van der Waals surface area contributed by atoms with Crippen LogP contribution >= 0.6 is 15.9 Å². The summed E-state index contributed by atoms with van der Waals surface area (Å²) in [5.74, 6) is -1.46. The van der Waals surface area contributed by atoms with E-state index in [1.807, 2.05) is 0 Å². The second kappa shape index (κ2) is 4.29. The van der Waals surface area contributed by atoms with Crippen molar-refractivity contribution in [2.24, 2.45) is 0 Å². The molecule has 0 fully saturated rings. The van der Waals surface area contributed by atoms with Crippen molar-refractivity contribution in [1.82, 2.24) is 10.4 Å². The minimum atomic E-state index is -0.507. The van der Waals surface area contributed by atoms with E-state index in [2.05, 4.69) is 21.4 Å². The lowest BCUT2D eigenvalue weighted by molar-refractivity contribution is -0.123. The van der Waals surface area contributed by atoms with Gasteiger partial charge in [-0.1, -0.05) is 28.1 Å². The smallest absolute Gasteiger partial charge is 0.272 e. The molecule has 1 aliphatic rings. The van der Waals surface area contributed by atoms with Gasteiger partial charge in [-0.3, -0.25) is 19.8 Å². The van der Waals surface area contributed by atoms with Crippen LogP contribution in [0.25, 0.3) is 0 Å². The fraction of sp³-hybridized carbons (Fsp3) is 0.182. The molecule has 2 rings (SSSR count). The van der Waals surface area contributed by atoms with Crippen molar-refractivity contribution < 1.29 is 14.4 Å². The monoisotopic (exact) mass is 296 g/mol. The van der Waals surface area contributed by atoms with Crippen molar-refractivity contribution in [3.8, 4) is 0 Å². The molecular formula is C11H9BrN2O3. The number of fused-ring (bicyclic) bond motifs is 1. The molecule has 0 aliphatic carbocycles. The van der Waals surface area contributed by atoms with Crippen molar-refractivity contribution in [3.05, 3.63) is 35.4 Å². The van der Waals surface area contributed by atoms with Crippen LogP contribution in [0.1, 0.15) is 27.6 Å². The fourth-order valence-corrected chi connectivity index (χ4v) is 1.59. The molecule has 1 aliphatic heterocycles. The van der Waals surface area contributed by atoms with E-state index in [0.29, 0.717) is 11.1 Å². The Labute approximate surface area is 106 Å². The summed E-state index contributed by atoms with van der Waals surface area (Å²) in [5.41, 5.74) is 2.88. The summed E-state index contributed by atoms with van der Waals surface area (Å²) in [4.78, 5) is 34.6. The normalized spacial score (nSPS) is 15.8. The Balaban J connectivity index is 2.28. The lowest BCUT2D eigenvalue weighted by atomic mass is 10.1. The number of carbonyl (C=O) groups is 3. The van der Waals surface area contributed by atoms with Crippen LogP contribution in [0.5, 0.6) is 0 Å². The number of benzene rings is 1. The number of halogens is 1. The molecule has 0 radical (unpaired) electrons. The predicted octanol–water partition coefficient (Wildman–Crippen LogP) is 1.10. The topological polar surface area (TPSA) is 66.5 Å². The summed E-state index contributed by atoms with van der Waals surface area (Å²) < 4.78 is 0. The number of amides is 3. The van der Waals surface area contributed by atoms with E-state index < -0.39 is 22.5 Å². The third kappa shape index (κ3) is 1.95. The van der Waals surface area contributed by atoms with Gasteiger partial charge in [-0.2, -0.15) is 5.01 Å². The second-order valence-corrected chi connectivity index (χ2v) is 4.96. The zero-order chi connectivity index (χ0) is 12.6. The largest absolute Gasteiger partial charge is 0.280 e. The molecule has 0 saturated heterocycles. The highest BCUT2D eigenvalue weighted by Gasteiger charge is 2.36. The molecule has 0 saturated carbocycles. The molecule has 17 heavy (non-hydrogen) atoms.